The molecule has 0 aromatic heterocycles. The van der Waals surface area contributed by atoms with Crippen molar-refractivity contribution in [2.45, 2.75) is 114 Å². The molecule has 0 fully saturated rings. The fourth-order valence-corrected chi connectivity index (χ4v) is 4.55. The van der Waals surface area contributed by atoms with E-state index >= 15 is 0 Å². The molecule has 0 aliphatic carbocycles. The van der Waals surface area contributed by atoms with Gasteiger partial charge in [-0.25, -0.2) is 0 Å². The van der Waals surface area contributed by atoms with Gasteiger partial charge in [0, 0.05) is 0 Å². The van der Waals surface area contributed by atoms with Crippen LogP contribution in [0.25, 0.3) is 0 Å². The van der Waals surface area contributed by atoms with Crippen molar-refractivity contribution in [1.29, 1.82) is 0 Å². The topological polar surface area (TPSA) is 0 Å². The van der Waals surface area contributed by atoms with Crippen LogP contribution in [0.4, 0.5) is 0 Å². The molecule has 0 saturated carbocycles. The molecule has 0 unspecified atom stereocenters. The molecule has 0 nitrogen and oxygen atoms in total. The zero-order valence-electron chi connectivity index (χ0n) is 14.5. The largest absolute Gasteiger partial charge is 0.468 e. The molecular formula is C18H38BrClMg. The van der Waals surface area contributed by atoms with Gasteiger partial charge in [-0.05, 0) is 0 Å². The Bertz CT molecular complexity index is 149. The molecule has 0 heterocycles. The summed E-state index contributed by atoms with van der Waals surface area (Å²) in [6.45, 7) is 2.30. The Morgan fingerprint density at radius 2 is 0.810 bits per heavy atom. The summed E-state index contributed by atoms with van der Waals surface area (Å²) < 4.78 is 1.50. The number of hydrogen-bond donors (Lipinski definition) is 0. The van der Waals surface area contributed by atoms with Crippen molar-refractivity contribution >= 4 is 43.5 Å². The summed E-state index contributed by atoms with van der Waals surface area (Å²) in [6.07, 6.45) is 23.6. The van der Waals surface area contributed by atoms with Crippen LogP contribution in [0.1, 0.15) is 110 Å². The van der Waals surface area contributed by atoms with Gasteiger partial charge in [0.2, 0.25) is 0 Å². The van der Waals surface area contributed by atoms with Crippen molar-refractivity contribution in [2.24, 2.45) is 0 Å². The van der Waals surface area contributed by atoms with E-state index < -0.39 is 0 Å². The van der Waals surface area contributed by atoms with Crippen molar-refractivity contribution in [3.63, 3.8) is 0 Å². The van der Waals surface area contributed by atoms with Gasteiger partial charge in [0.25, 0.3) is 0 Å². The Morgan fingerprint density at radius 1 is 0.524 bits per heavy atom. The number of halogens is 2. The van der Waals surface area contributed by atoms with Crippen LogP contribution in [0.2, 0.25) is 4.55 Å². The highest BCUT2D eigenvalue weighted by atomic mass is 79.9. The summed E-state index contributed by atoms with van der Waals surface area (Å²) in [4.78, 5) is 0. The second-order valence-electron chi connectivity index (χ2n) is 6.35. The maximum absolute atomic E-state index is 3.63. The van der Waals surface area contributed by atoms with Gasteiger partial charge in [-0.3, -0.25) is 0 Å². The maximum Gasteiger partial charge on any atom is 0.468 e. The van der Waals surface area contributed by atoms with Gasteiger partial charge >= 0.3 is 18.2 Å². The molecule has 0 spiro atoms. The van der Waals surface area contributed by atoms with Crippen LogP contribution < -0.4 is 0 Å². The molecule has 0 N–H and O–H groups in total. The molecule has 0 atom stereocenters. The molecule has 3 heteroatoms. The first kappa shape index (κ1) is 24.8. The van der Waals surface area contributed by atoms with Gasteiger partial charge in [-0.15, -0.1) is 17.0 Å². The monoisotopic (exact) mass is 392 g/mol. The lowest BCUT2D eigenvalue weighted by molar-refractivity contribution is 0.531. The second-order valence-corrected chi connectivity index (χ2v) is 9.81. The minimum absolute atomic E-state index is 0. The average Bonchev–Trinajstić information content (AvgIpc) is 2.47. The molecule has 0 rings (SSSR count). The highest BCUT2D eigenvalue weighted by molar-refractivity contribution is 9.23. The van der Waals surface area contributed by atoms with Crippen molar-refractivity contribution < 1.29 is 0 Å². The van der Waals surface area contributed by atoms with E-state index in [2.05, 4.69) is 19.8 Å². The van der Waals surface area contributed by atoms with Crippen LogP contribution >= 0.6 is 25.3 Å². The van der Waals surface area contributed by atoms with E-state index in [0.717, 1.165) is 0 Å². The average molecular weight is 394 g/mol. The number of unbranched alkanes of at least 4 members (excludes halogenated alkanes) is 15. The maximum atomic E-state index is 3.63. The van der Waals surface area contributed by atoms with Gasteiger partial charge < -0.3 is 12.9 Å². The van der Waals surface area contributed by atoms with Gasteiger partial charge in [-0.1, -0.05) is 110 Å². The smallest absolute Gasteiger partial charge is 0.307 e. The van der Waals surface area contributed by atoms with Crippen LogP contribution in [0, 0.1) is 0 Å². The summed E-state index contributed by atoms with van der Waals surface area (Å²) in [5.41, 5.74) is 0. The Labute approximate surface area is 157 Å². The predicted molar refractivity (Wildman–Crippen MR) is 106 cm³/mol. The Balaban J connectivity index is 0. The lowest BCUT2D eigenvalue weighted by Crippen LogP contribution is -1.84. The number of hydrogen-bond acceptors (Lipinski definition) is 0. The van der Waals surface area contributed by atoms with Gasteiger partial charge in [0.15, 0.2) is 0 Å². The summed E-state index contributed by atoms with van der Waals surface area (Å²) in [5.74, 6) is 0. The Hall–Kier alpha value is 1.54. The quantitative estimate of drug-likeness (QED) is 0.173. The summed E-state index contributed by atoms with van der Waals surface area (Å²) >= 11 is 3.79. The van der Waals surface area contributed by atoms with Crippen molar-refractivity contribution in [3.8, 4) is 0 Å². The summed E-state index contributed by atoms with van der Waals surface area (Å²) in [7, 11) is 0. The molecule has 0 aromatic carbocycles. The normalized spacial score (nSPS) is 10.2. The summed E-state index contributed by atoms with van der Waals surface area (Å²) in [5, 5.41) is 0. The molecule has 0 saturated heterocycles. The molecule has 0 radical (unpaired) electrons. The lowest BCUT2D eigenvalue weighted by Gasteiger charge is -2.03. The summed E-state index contributed by atoms with van der Waals surface area (Å²) in [6, 6.07) is 0. The first-order valence-electron chi connectivity index (χ1n) is 9.47. The number of rotatable bonds is 17. The van der Waals surface area contributed by atoms with E-state index in [4.69, 9.17) is 0 Å². The van der Waals surface area contributed by atoms with E-state index in [0.29, 0.717) is 0 Å². The van der Waals surface area contributed by atoms with Gasteiger partial charge in [0.05, 0.1) is 0 Å². The van der Waals surface area contributed by atoms with Crippen LogP contribution in [0.5, 0.6) is 0 Å². The van der Waals surface area contributed by atoms with Crippen LogP contribution in [0.15, 0.2) is 0 Å². The van der Waals surface area contributed by atoms with Crippen LogP contribution in [-0.4, -0.2) is 18.2 Å². The molecule has 126 valence electrons. The SMILES string of the molecule is CCCCCCCCCCCCCCCCC[CH2][Mg][Br].Cl. The minimum Gasteiger partial charge on any atom is -0.307 e. The highest BCUT2D eigenvalue weighted by Gasteiger charge is 1.95. The van der Waals surface area contributed by atoms with Crippen molar-refractivity contribution in [1.82, 2.24) is 0 Å². The fraction of sp³-hybridized carbons (Fsp3) is 1.00. The first-order chi connectivity index (χ1) is 9.91. The van der Waals surface area contributed by atoms with E-state index in [1.807, 2.05) is 0 Å². The molecule has 0 amide bonds. The zero-order chi connectivity index (χ0) is 14.7. The fourth-order valence-electron chi connectivity index (χ4n) is 2.82. The third-order valence-corrected chi connectivity index (χ3v) is 6.69. The standard InChI is InChI=1S/C18H37.BrH.ClH.Mg/c1-3-5-7-9-11-13-15-17-18-16-14-12-10-8-6-4-2;;;/h1,3-18H2,2H3;2*1H;/q;;;+1/p-1. The molecular weight excluding hydrogens is 356 g/mol. The van der Waals surface area contributed by atoms with Crippen LogP contribution in [0.3, 0.4) is 0 Å². The van der Waals surface area contributed by atoms with E-state index in [-0.39, 0.29) is 30.6 Å². The third kappa shape index (κ3) is 23.9. The Kier molecular flexibility index (Phi) is 28.1. The van der Waals surface area contributed by atoms with Crippen molar-refractivity contribution in [3.05, 3.63) is 0 Å². The minimum atomic E-state index is 0. The zero-order valence-corrected chi connectivity index (χ0v) is 18.3. The van der Waals surface area contributed by atoms with E-state index in [1.54, 1.807) is 0 Å². The van der Waals surface area contributed by atoms with Gasteiger partial charge in [-0.2, -0.15) is 0 Å². The molecule has 0 aliphatic heterocycles. The lowest BCUT2D eigenvalue weighted by atomic mass is 10.0. The van der Waals surface area contributed by atoms with Crippen molar-refractivity contribution in [2.75, 3.05) is 0 Å². The van der Waals surface area contributed by atoms with Crippen LogP contribution in [-0.2, 0) is 0 Å². The molecule has 0 aromatic rings. The molecule has 0 aliphatic rings. The first-order valence-corrected chi connectivity index (χ1v) is 14.4. The van der Waals surface area contributed by atoms with E-state index in [9.17, 15) is 0 Å². The van der Waals surface area contributed by atoms with E-state index in [1.165, 1.54) is 107 Å². The Morgan fingerprint density at radius 3 is 1.10 bits per heavy atom. The predicted octanol–water partition coefficient (Wildman–Crippen LogP) is 8.10. The third-order valence-electron chi connectivity index (χ3n) is 4.24. The molecule has 21 heavy (non-hydrogen) atoms. The molecule has 0 bridgehead atoms. The van der Waals surface area contributed by atoms with Gasteiger partial charge in [0.1, 0.15) is 0 Å². The highest BCUT2D eigenvalue weighted by Crippen LogP contribution is 2.14. The second kappa shape index (κ2) is 23.8.